The Morgan fingerprint density at radius 3 is 2.92 bits per heavy atom. The lowest BCUT2D eigenvalue weighted by Crippen LogP contribution is -2.47. The Labute approximate surface area is 141 Å². The predicted molar refractivity (Wildman–Crippen MR) is 91.0 cm³/mol. The predicted octanol–water partition coefficient (Wildman–Crippen LogP) is 2.66. The van der Waals surface area contributed by atoms with Gasteiger partial charge in [0.25, 0.3) is 0 Å². The molecule has 6 nitrogen and oxygen atoms in total. The molecule has 2 N–H and O–H groups in total. The molecule has 128 valence electrons. The fraction of sp³-hybridized carbons (Fsp3) is 0.556. The number of aromatic nitrogens is 1. The molecule has 2 heterocycles. The van der Waals surface area contributed by atoms with Gasteiger partial charge in [-0.2, -0.15) is 0 Å². The topological polar surface area (TPSA) is 76.4 Å². The van der Waals surface area contributed by atoms with Gasteiger partial charge >= 0.3 is 0 Å². The van der Waals surface area contributed by atoms with Crippen LogP contribution in [0.1, 0.15) is 37.5 Å². The summed E-state index contributed by atoms with van der Waals surface area (Å²) in [5.41, 5.74) is 1.87. The second kappa shape index (κ2) is 6.18. The highest BCUT2D eigenvalue weighted by atomic mass is 16.5. The molecule has 0 bridgehead atoms. The standard InChI is InChI=1S/C18H23N3O3/c1-23-11-18(6-8-19-9-7-18)17(22)20-13-4-5-14-15(10-13)24-16(21-14)12-2-3-12/h4-5,10,12,19H,2-3,6-9,11H2,1H3,(H,20,22). The van der Waals surface area contributed by atoms with Crippen LogP contribution in [0, 0.1) is 5.41 Å². The van der Waals surface area contributed by atoms with Crippen LogP contribution in [0.25, 0.3) is 11.1 Å². The summed E-state index contributed by atoms with van der Waals surface area (Å²) >= 11 is 0. The smallest absolute Gasteiger partial charge is 0.233 e. The Balaban J connectivity index is 1.54. The number of piperidine rings is 1. The van der Waals surface area contributed by atoms with Gasteiger partial charge in [0.1, 0.15) is 5.52 Å². The van der Waals surface area contributed by atoms with Crippen molar-refractivity contribution in [1.82, 2.24) is 10.3 Å². The molecule has 0 unspecified atom stereocenters. The van der Waals surface area contributed by atoms with Crippen molar-refractivity contribution in [2.75, 3.05) is 32.1 Å². The summed E-state index contributed by atoms with van der Waals surface area (Å²) in [6, 6.07) is 5.67. The average Bonchev–Trinajstić information content (AvgIpc) is 3.35. The molecule has 2 fully saturated rings. The average molecular weight is 329 g/mol. The monoisotopic (exact) mass is 329 g/mol. The first-order chi connectivity index (χ1) is 11.7. The van der Waals surface area contributed by atoms with Gasteiger partial charge < -0.3 is 19.8 Å². The molecule has 2 aliphatic rings. The molecule has 1 aliphatic carbocycles. The molecular weight excluding hydrogens is 306 g/mol. The van der Waals surface area contributed by atoms with Crippen molar-refractivity contribution in [1.29, 1.82) is 0 Å². The molecule has 1 aromatic heterocycles. The maximum absolute atomic E-state index is 12.9. The second-order valence-corrected chi connectivity index (χ2v) is 6.93. The van der Waals surface area contributed by atoms with Crippen LogP contribution >= 0.6 is 0 Å². The zero-order valence-corrected chi connectivity index (χ0v) is 13.9. The number of nitrogens with one attached hydrogen (secondary N) is 2. The van der Waals surface area contributed by atoms with E-state index in [1.807, 2.05) is 18.2 Å². The van der Waals surface area contributed by atoms with E-state index < -0.39 is 5.41 Å². The molecule has 1 amide bonds. The molecule has 1 aliphatic heterocycles. The molecule has 4 rings (SSSR count). The van der Waals surface area contributed by atoms with Crippen LogP contribution in [0.5, 0.6) is 0 Å². The highest BCUT2D eigenvalue weighted by Crippen LogP contribution is 2.40. The summed E-state index contributed by atoms with van der Waals surface area (Å²) in [4.78, 5) is 17.4. The number of nitrogens with zero attached hydrogens (tertiary/aromatic N) is 1. The molecule has 6 heteroatoms. The first kappa shape index (κ1) is 15.6. The number of hydrogen-bond acceptors (Lipinski definition) is 5. The molecule has 1 saturated heterocycles. The van der Waals surface area contributed by atoms with Crippen molar-refractivity contribution in [2.45, 2.75) is 31.6 Å². The minimum absolute atomic E-state index is 0.0205. The quantitative estimate of drug-likeness (QED) is 0.882. The fourth-order valence-electron chi connectivity index (χ4n) is 3.41. The highest BCUT2D eigenvalue weighted by molar-refractivity contribution is 5.96. The number of hydrogen-bond donors (Lipinski definition) is 2. The zero-order valence-electron chi connectivity index (χ0n) is 13.9. The van der Waals surface area contributed by atoms with E-state index in [4.69, 9.17) is 9.15 Å². The Kier molecular flexibility index (Phi) is 4.02. The van der Waals surface area contributed by atoms with Crippen LogP contribution in [-0.2, 0) is 9.53 Å². The van der Waals surface area contributed by atoms with E-state index in [9.17, 15) is 4.79 Å². The fourth-order valence-corrected chi connectivity index (χ4v) is 3.41. The van der Waals surface area contributed by atoms with Gasteiger partial charge in [-0.25, -0.2) is 4.98 Å². The Hall–Kier alpha value is -1.92. The minimum Gasteiger partial charge on any atom is -0.440 e. The third-order valence-electron chi connectivity index (χ3n) is 5.05. The van der Waals surface area contributed by atoms with E-state index in [-0.39, 0.29) is 5.91 Å². The summed E-state index contributed by atoms with van der Waals surface area (Å²) in [6.45, 7) is 2.11. The second-order valence-electron chi connectivity index (χ2n) is 6.93. The van der Waals surface area contributed by atoms with Crippen LogP contribution in [0.2, 0.25) is 0 Å². The summed E-state index contributed by atoms with van der Waals surface area (Å²) in [6.07, 6.45) is 3.88. The first-order valence-electron chi connectivity index (χ1n) is 8.62. The zero-order chi connectivity index (χ0) is 16.6. The minimum atomic E-state index is -0.463. The molecule has 1 aromatic carbocycles. The number of carbonyl (C=O) groups is 1. The van der Waals surface area contributed by atoms with Gasteiger partial charge in [0.05, 0.1) is 12.0 Å². The molecule has 24 heavy (non-hydrogen) atoms. The number of anilines is 1. The third kappa shape index (κ3) is 2.91. The van der Waals surface area contributed by atoms with Gasteiger partial charge in [-0.3, -0.25) is 4.79 Å². The van der Waals surface area contributed by atoms with Gasteiger partial charge in [0, 0.05) is 24.8 Å². The van der Waals surface area contributed by atoms with E-state index >= 15 is 0 Å². The largest absolute Gasteiger partial charge is 0.440 e. The maximum Gasteiger partial charge on any atom is 0.233 e. The van der Waals surface area contributed by atoms with E-state index in [1.165, 1.54) is 0 Å². The SMILES string of the molecule is COCC1(C(=O)Nc2ccc3nc(C4CC4)oc3c2)CCNCC1. The molecular formula is C18H23N3O3. The van der Waals surface area contributed by atoms with Crippen molar-refractivity contribution in [3.05, 3.63) is 24.1 Å². The van der Waals surface area contributed by atoms with E-state index in [0.717, 1.165) is 61.5 Å². The van der Waals surface area contributed by atoms with Gasteiger partial charge in [-0.1, -0.05) is 0 Å². The lowest BCUT2D eigenvalue weighted by atomic mass is 9.78. The van der Waals surface area contributed by atoms with E-state index in [1.54, 1.807) is 7.11 Å². The number of methoxy groups -OCH3 is 1. The van der Waals surface area contributed by atoms with Gasteiger partial charge in [0.15, 0.2) is 11.5 Å². The summed E-state index contributed by atoms with van der Waals surface area (Å²) in [5.74, 6) is 1.32. The van der Waals surface area contributed by atoms with E-state index in [0.29, 0.717) is 12.5 Å². The van der Waals surface area contributed by atoms with E-state index in [2.05, 4.69) is 15.6 Å². The highest BCUT2D eigenvalue weighted by Gasteiger charge is 2.39. The normalized spacial score (nSPS) is 20.2. The van der Waals surface area contributed by atoms with Crippen molar-refractivity contribution in [3.8, 4) is 0 Å². The number of oxazole rings is 1. The number of ether oxygens (including phenoxy) is 1. The van der Waals surface area contributed by atoms with Crippen molar-refractivity contribution < 1.29 is 13.9 Å². The molecule has 1 saturated carbocycles. The number of amides is 1. The Morgan fingerprint density at radius 1 is 1.42 bits per heavy atom. The lowest BCUT2D eigenvalue weighted by molar-refractivity contribution is -0.130. The summed E-state index contributed by atoms with van der Waals surface area (Å²) in [7, 11) is 1.65. The number of fused-ring (bicyclic) bond motifs is 1. The van der Waals surface area contributed by atoms with Gasteiger partial charge in [0.2, 0.25) is 5.91 Å². The first-order valence-corrected chi connectivity index (χ1v) is 8.62. The van der Waals surface area contributed by atoms with Gasteiger partial charge in [-0.15, -0.1) is 0 Å². The van der Waals surface area contributed by atoms with Gasteiger partial charge in [-0.05, 0) is 50.9 Å². The van der Waals surface area contributed by atoms with Crippen LogP contribution in [-0.4, -0.2) is 37.7 Å². The molecule has 2 aromatic rings. The summed E-state index contributed by atoms with van der Waals surface area (Å²) < 4.78 is 11.2. The van der Waals surface area contributed by atoms with Crippen LogP contribution < -0.4 is 10.6 Å². The van der Waals surface area contributed by atoms with Crippen molar-refractivity contribution in [2.24, 2.45) is 5.41 Å². The number of benzene rings is 1. The number of rotatable bonds is 5. The third-order valence-corrected chi connectivity index (χ3v) is 5.05. The summed E-state index contributed by atoms with van der Waals surface area (Å²) in [5, 5.41) is 6.35. The lowest BCUT2D eigenvalue weighted by Gasteiger charge is -2.35. The van der Waals surface area contributed by atoms with Crippen LogP contribution in [0.4, 0.5) is 5.69 Å². The Bertz CT molecular complexity index is 740. The number of carbonyl (C=O) groups excluding carboxylic acids is 1. The molecule has 0 spiro atoms. The van der Waals surface area contributed by atoms with Crippen LogP contribution in [0.3, 0.4) is 0 Å². The van der Waals surface area contributed by atoms with Crippen molar-refractivity contribution in [3.63, 3.8) is 0 Å². The molecule has 0 atom stereocenters. The van der Waals surface area contributed by atoms with Crippen molar-refractivity contribution >= 4 is 22.7 Å². The molecule has 0 radical (unpaired) electrons. The maximum atomic E-state index is 12.9. The van der Waals surface area contributed by atoms with Crippen LogP contribution in [0.15, 0.2) is 22.6 Å². The Morgan fingerprint density at radius 2 is 2.21 bits per heavy atom.